The smallest absolute Gasteiger partial charge is 0.253 e. The lowest BCUT2D eigenvalue weighted by atomic mass is 10.1. The number of amides is 1. The van der Waals surface area contributed by atoms with E-state index in [-0.39, 0.29) is 11.9 Å². The fraction of sp³-hybridized carbons (Fsp3) is 0.267. The number of hydrogen-bond donors (Lipinski definition) is 2. The van der Waals surface area contributed by atoms with Crippen molar-refractivity contribution in [1.29, 1.82) is 0 Å². The molecule has 1 fully saturated rings. The maximum Gasteiger partial charge on any atom is 0.253 e. The van der Waals surface area contributed by atoms with Gasteiger partial charge in [-0.2, -0.15) is 0 Å². The van der Waals surface area contributed by atoms with Crippen LogP contribution in [0.2, 0.25) is 0 Å². The number of likely N-dealkylation sites (tertiary alicyclic amines) is 1. The second-order valence-corrected chi connectivity index (χ2v) is 5.10. The molecule has 1 aromatic heterocycles. The molecule has 108 valence electrons. The summed E-state index contributed by atoms with van der Waals surface area (Å²) in [6.45, 7) is 1.35. The summed E-state index contributed by atoms with van der Waals surface area (Å²) in [5, 5.41) is 3.13. The van der Waals surface area contributed by atoms with Crippen LogP contribution in [0.1, 0.15) is 16.8 Å². The average Bonchev–Trinajstić information content (AvgIpc) is 2.94. The van der Waals surface area contributed by atoms with Gasteiger partial charge in [0.15, 0.2) is 0 Å². The van der Waals surface area contributed by atoms with E-state index in [9.17, 15) is 4.79 Å². The molecule has 2 heterocycles. The molecule has 2 aromatic rings. The largest absolute Gasteiger partial charge is 0.339 e. The molecular weight excluding hydrogens is 266 g/mol. The van der Waals surface area contributed by atoms with Crippen molar-refractivity contribution in [3.8, 4) is 0 Å². The van der Waals surface area contributed by atoms with Crippen molar-refractivity contribution in [3.05, 3.63) is 48.4 Å². The summed E-state index contributed by atoms with van der Waals surface area (Å²) in [6, 6.07) is 7.47. The van der Waals surface area contributed by atoms with Crippen molar-refractivity contribution >= 4 is 17.4 Å². The molecular formula is C15H17N5O. The van der Waals surface area contributed by atoms with Gasteiger partial charge in [-0.3, -0.25) is 9.78 Å². The number of carbonyl (C=O) groups is 1. The lowest BCUT2D eigenvalue weighted by Gasteiger charge is -2.16. The molecule has 0 bridgehead atoms. The molecule has 0 unspecified atom stereocenters. The SMILES string of the molecule is N[C@@H]1CCN(C(=O)c2cccc(Nc3cnccn3)c2)C1. The van der Waals surface area contributed by atoms with E-state index in [1.165, 1.54) is 0 Å². The number of benzene rings is 1. The van der Waals surface area contributed by atoms with Crippen LogP contribution in [-0.4, -0.2) is 39.9 Å². The summed E-state index contributed by atoms with van der Waals surface area (Å²) < 4.78 is 0. The molecule has 3 N–H and O–H groups in total. The Labute approximate surface area is 123 Å². The Bertz CT molecular complexity index is 631. The number of nitrogens with zero attached hydrogens (tertiary/aromatic N) is 3. The van der Waals surface area contributed by atoms with Gasteiger partial charge in [-0.05, 0) is 24.6 Å². The highest BCUT2D eigenvalue weighted by Crippen LogP contribution is 2.18. The zero-order valence-electron chi connectivity index (χ0n) is 11.6. The fourth-order valence-corrected chi connectivity index (χ4v) is 2.40. The molecule has 6 heteroatoms. The minimum Gasteiger partial charge on any atom is -0.339 e. The van der Waals surface area contributed by atoms with Gasteiger partial charge < -0.3 is 16.0 Å². The van der Waals surface area contributed by atoms with Gasteiger partial charge in [-0.25, -0.2) is 4.98 Å². The standard InChI is InChI=1S/C15H17N5O/c16-12-4-7-20(10-12)15(21)11-2-1-3-13(8-11)19-14-9-17-5-6-18-14/h1-3,5-6,8-9,12H,4,7,10,16H2,(H,18,19)/t12-/m1/s1. The number of carbonyl (C=O) groups excluding carboxylic acids is 1. The minimum absolute atomic E-state index is 0.0192. The predicted octanol–water partition coefficient (Wildman–Crippen LogP) is 1.39. The summed E-state index contributed by atoms with van der Waals surface area (Å²) >= 11 is 0. The third-order valence-corrected chi connectivity index (χ3v) is 3.46. The second kappa shape index (κ2) is 5.88. The van der Waals surface area contributed by atoms with Crippen LogP contribution in [0.25, 0.3) is 0 Å². The van der Waals surface area contributed by atoms with Crippen molar-refractivity contribution in [1.82, 2.24) is 14.9 Å². The molecule has 1 saturated heterocycles. The van der Waals surface area contributed by atoms with Gasteiger partial charge in [0.05, 0.1) is 6.20 Å². The topological polar surface area (TPSA) is 84.1 Å². The van der Waals surface area contributed by atoms with Gasteiger partial charge in [0.2, 0.25) is 0 Å². The van der Waals surface area contributed by atoms with Crippen molar-refractivity contribution in [3.63, 3.8) is 0 Å². The van der Waals surface area contributed by atoms with E-state index in [2.05, 4.69) is 15.3 Å². The Balaban J connectivity index is 1.75. The number of rotatable bonds is 3. The second-order valence-electron chi connectivity index (χ2n) is 5.10. The summed E-state index contributed by atoms with van der Waals surface area (Å²) in [4.78, 5) is 22.4. The number of hydrogen-bond acceptors (Lipinski definition) is 5. The third kappa shape index (κ3) is 3.17. The number of nitrogens with one attached hydrogen (secondary N) is 1. The first-order valence-electron chi connectivity index (χ1n) is 6.90. The average molecular weight is 283 g/mol. The zero-order chi connectivity index (χ0) is 14.7. The van der Waals surface area contributed by atoms with Crippen LogP contribution in [0.5, 0.6) is 0 Å². The Kier molecular flexibility index (Phi) is 3.79. The van der Waals surface area contributed by atoms with Gasteiger partial charge in [-0.1, -0.05) is 6.07 Å². The van der Waals surface area contributed by atoms with Crippen molar-refractivity contribution in [2.45, 2.75) is 12.5 Å². The van der Waals surface area contributed by atoms with Crippen molar-refractivity contribution in [2.75, 3.05) is 18.4 Å². The first kappa shape index (κ1) is 13.5. The molecule has 1 atom stereocenters. The Morgan fingerprint density at radius 3 is 3.00 bits per heavy atom. The van der Waals surface area contributed by atoms with E-state index in [0.717, 1.165) is 18.7 Å². The first-order valence-corrected chi connectivity index (χ1v) is 6.90. The van der Waals surface area contributed by atoms with Crippen LogP contribution in [0.3, 0.4) is 0 Å². The van der Waals surface area contributed by atoms with Crippen molar-refractivity contribution < 1.29 is 4.79 Å². The number of anilines is 2. The van der Waals surface area contributed by atoms with E-state index < -0.39 is 0 Å². The highest BCUT2D eigenvalue weighted by molar-refractivity contribution is 5.95. The van der Waals surface area contributed by atoms with Crippen LogP contribution < -0.4 is 11.1 Å². The molecule has 0 aliphatic carbocycles. The zero-order valence-corrected chi connectivity index (χ0v) is 11.6. The predicted molar refractivity (Wildman–Crippen MR) is 80.3 cm³/mol. The van der Waals surface area contributed by atoms with Crippen LogP contribution in [-0.2, 0) is 0 Å². The summed E-state index contributed by atoms with van der Waals surface area (Å²) in [6.07, 6.45) is 5.72. The third-order valence-electron chi connectivity index (χ3n) is 3.46. The molecule has 0 radical (unpaired) electrons. The lowest BCUT2D eigenvalue weighted by molar-refractivity contribution is 0.0791. The Morgan fingerprint density at radius 1 is 1.38 bits per heavy atom. The van der Waals surface area contributed by atoms with E-state index in [0.29, 0.717) is 17.9 Å². The van der Waals surface area contributed by atoms with Crippen LogP contribution in [0.15, 0.2) is 42.9 Å². The highest BCUT2D eigenvalue weighted by atomic mass is 16.2. The van der Waals surface area contributed by atoms with Crippen LogP contribution >= 0.6 is 0 Å². The van der Waals surface area contributed by atoms with Gasteiger partial charge in [0.25, 0.3) is 5.91 Å². The molecule has 21 heavy (non-hydrogen) atoms. The van der Waals surface area contributed by atoms with E-state index in [4.69, 9.17) is 5.73 Å². The van der Waals surface area contributed by atoms with Crippen molar-refractivity contribution in [2.24, 2.45) is 5.73 Å². The quantitative estimate of drug-likeness (QED) is 0.889. The van der Waals surface area contributed by atoms with Gasteiger partial charge >= 0.3 is 0 Å². The molecule has 1 aliphatic heterocycles. The van der Waals surface area contributed by atoms with Crippen LogP contribution in [0.4, 0.5) is 11.5 Å². The monoisotopic (exact) mass is 283 g/mol. The van der Waals surface area contributed by atoms with Gasteiger partial charge in [-0.15, -0.1) is 0 Å². The molecule has 3 rings (SSSR count). The normalized spacial score (nSPS) is 17.8. The molecule has 0 spiro atoms. The maximum atomic E-state index is 12.4. The van der Waals surface area contributed by atoms with E-state index >= 15 is 0 Å². The molecule has 1 aliphatic rings. The Hall–Kier alpha value is -2.47. The van der Waals surface area contributed by atoms with Crippen LogP contribution in [0, 0.1) is 0 Å². The molecule has 6 nitrogen and oxygen atoms in total. The minimum atomic E-state index is 0.0192. The molecule has 1 amide bonds. The fourth-order valence-electron chi connectivity index (χ4n) is 2.40. The maximum absolute atomic E-state index is 12.4. The summed E-state index contributed by atoms with van der Waals surface area (Å²) in [5.74, 6) is 0.663. The summed E-state index contributed by atoms with van der Waals surface area (Å²) in [7, 11) is 0. The number of aromatic nitrogens is 2. The van der Waals surface area contributed by atoms with Gasteiger partial charge in [0, 0.05) is 42.8 Å². The van der Waals surface area contributed by atoms with Gasteiger partial charge in [0.1, 0.15) is 5.82 Å². The van der Waals surface area contributed by atoms with E-state index in [1.54, 1.807) is 23.5 Å². The summed E-state index contributed by atoms with van der Waals surface area (Å²) in [5.41, 5.74) is 7.31. The molecule has 0 saturated carbocycles. The highest BCUT2D eigenvalue weighted by Gasteiger charge is 2.24. The first-order chi connectivity index (χ1) is 10.2. The lowest BCUT2D eigenvalue weighted by Crippen LogP contribution is -2.31. The number of nitrogens with two attached hydrogens (primary N) is 1. The Morgan fingerprint density at radius 2 is 2.29 bits per heavy atom. The molecule has 1 aromatic carbocycles. The van der Waals surface area contributed by atoms with E-state index in [1.807, 2.05) is 24.3 Å².